The van der Waals surface area contributed by atoms with Crippen LogP contribution in [0.25, 0.3) is 6.08 Å². The molecular formula is C16H19NO4. The number of benzene rings is 1. The standard InChI is InChI=1S/C16H19NO4/c1-11-6-12(2-3-15(18)19)8-14(7-11)16(20)17-9-13-4-5-21-10-13/h2-3,6-8,13H,4-5,9-10H2,1H3,(H,17,20)(H,18,19)/b3-2+. The molecule has 5 heteroatoms. The van der Waals surface area contributed by atoms with Gasteiger partial charge in [0.1, 0.15) is 0 Å². The molecule has 2 N–H and O–H groups in total. The van der Waals surface area contributed by atoms with Gasteiger partial charge in [0.05, 0.1) is 6.61 Å². The molecule has 0 radical (unpaired) electrons. The lowest BCUT2D eigenvalue weighted by Gasteiger charge is -2.10. The van der Waals surface area contributed by atoms with Gasteiger partial charge in [0, 0.05) is 30.7 Å². The molecule has 112 valence electrons. The van der Waals surface area contributed by atoms with Gasteiger partial charge < -0.3 is 15.2 Å². The number of carbonyl (C=O) groups excluding carboxylic acids is 1. The van der Waals surface area contributed by atoms with Crippen LogP contribution in [0.15, 0.2) is 24.3 Å². The van der Waals surface area contributed by atoms with Crippen LogP contribution >= 0.6 is 0 Å². The van der Waals surface area contributed by atoms with Crippen molar-refractivity contribution in [3.63, 3.8) is 0 Å². The molecule has 1 aliphatic rings. The van der Waals surface area contributed by atoms with Gasteiger partial charge in [0.25, 0.3) is 5.91 Å². The Hall–Kier alpha value is -2.14. The number of aliphatic carboxylic acids is 1. The second-order valence-electron chi connectivity index (χ2n) is 5.24. The molecule has 1 amide bonds. The fourth-order valence-corrected chi connectivity index (χ4v) is 2.29. The van der Waals surface area contributed by atoms with E-state index in [1.54, 1.807) is 12.1 Å². The van der Waals surface area contributed by atoms with E-state index in [1.807, 2.05) is 13.0 Å². The number of nitrogens with one attached hydrogen (secondary N) is 1. The molecule has 1 heterocycles. The normalized spacial score (nSPS) is 18.0. The second-order valence-corrected chi connectivity index (χ2v) is 5.24. The van der Waals surface area contributed by atoms with Crippen molar-refractivity contribution in [3.05, 3.63) is 41.0 Å². The Morgan fingerprint density at radius 1 is 1.43 bits per heavy atom. The highest BCUT2D eigenvalue weighted by Crippen LogP contribution is 2.13. The summed E-state index contributed by atoms with van der Waals surface area (Å²) in [5.74, 6) is -0.774. The Labute approximate surface area is 123 Å². The second kappa shape index (κ2) is 7.04. The first kappa shape index (κ1) is 15.3. The minimum Gasteiger partial charge on any atom is -0.478 e. The van der Waals surface area contributed by atoms with Gasteiger partial charge in [0.15, 0.2) is 0 Å². The topological polar surface area (TPSA) is 75.6 Å². The minimum absolute atomic E-state index is 0.143. The molecule has 2 rings (SSSR count). The van der Waals surface area contributed by atoms with E-state index in [0.717, 1.165) is 24.7 Å². The molecule has 0 aromatic heterocycles. The van der Waals surface area contributed by atoms with E-state index in [2.05, 4.69) is 5.32 Å². The highest BCUT2D eigenvalue weighted by molar-refractivity contribution is 5.95. The summed E-state index contributed by atoms with van der Waals surface area (Å²) < 4.78 is 5.27. The van der Waals surface area contributed by atoms with Crippen LogP contribution in [-0.4, -0.2) is 36.7 Å². The number of ether oxygens (including phenoxy) is 1. The van der Waals surface area contributed by atoms with E-state index in [4.69, 9.17) is 9.84 Å². The Kier molecular flexibility index (Phi) is 5.11. The molecule has 1 saturated heterocycles. The first-order chi connectivity index (χ1) is 10.0. The zero-order valence-corrected chi connectivity index (χ0v) is 12.0. The molecule has 1 aliphatic heterocycles. The van der Waals surface area contributed by atoms with Crippen molar-refractivity contribution in [2.45, 2.75) is 13.3 Å². The third-order valence-corrected chi connectivity index (χ3v) is 3.36. The number of amides is 1. The summed E-state index contributed by atoms with van der Waals surface area (Å²) in [5.41, 5.74) is 2.16. The van der Waals surface area contributed by atoms with Crippen molar-refractivity contribution >= 4 is 18.0 Å². The van der Waals surface area contributed by atoms with E-state index >= 15 is 0 Å². The predicted molar refractivity (Wildman–Crippen MR) is 79.1 cm³/mol. The SMILES string of the molecule is Cc1cc(/C=C/C(=O)O)cc(C(=O)NCC2CCOC2)c1. The fourth-order valence-electron chi connectivity index (χ4n) is 2.29. The first-order valence-electron chi connectivity index (χ1n) is 6.93. The van der Waals surface area contributed by atoms with Gasteiger partial charge >= 0.3 is 5.97 Å². The maximum absolute atomic E-state index is 12.2. The molecular weight excluding hydrogens is 270 g/mol. The van der Waals surface area contributed by atoms with Crippen molar-refractivity contribution in [3.8, 4) is 0 Å². The largest absolute Gasteiger partial charge is 0.478 e. The van der Waals surface area contributed by atoms with Crippen LogP contribution in [0.4, 0.5) is 0 Å². The van der Waals surface area contributed by atoms with E-state index < -0.39 is 5.97 Å². The molecule has 1 aromatic rings. The summed E-state index contributed by atoms with van der Waals surface area (Å²) in [6.45, 7) is 3.93. The molecule has 1 fully saturated rings. The lowest BCUT2D eigenvalue weighted by molar-refractivity contribution is -0.131. The molecule has 0 spiro atoms. The van der Waals surface area contributed by atoms with Crippen LogP contribution in [0, 0.1) is 12.8 Å². The number of carboxylic acids is 1. The van der Waals surface area contributed by atoms with Gasteiger partial charge in [-0.15, -0.1) is 0 Å². The van der Waals surface area contributed by atoms with Crippen molar-refractivity contribution in [1.29, 1.82) is 0 Å². The van der Waals surface area contributed by atoms with Gasteiger partial charge in [-0.05, 0) is 42.7 Å². The van der Waals surface area contributed by atoms with Crippen LogP contribution < -0.4 is 5.32 Å². The van der Waals surface area contributed by atoms with Crippen LogP contribution in [0.5, 0.6) is 0 Å². The van der Waals surface area contributed by atoms with E-state index in [-0.39, 0.29) is 5.91 Å². The molecule has 21 heavy (non-hydrogen) atoms. The van der Waals surface area contributed by atoms with Gasteiger partial charge in [-0.25, -0.2) is 4.79 Å². The first-order valence-corrected chi connectivity index (χ1v) is 6.93. The zero-order valence-electron chi connectivity index (χ0n) is 12.0. The Bertz CT molecular complexity index is 559. The van der Waals surface area contributed by atoms with Gasteiger partial charge in [-0.3, -0.25) is 4.79 Å². The quantitative estimate of drug-likeness (QED) is 0.811. The summed E-state index contributed by atoms with van der Waals surface area (Å²) in [4.78, 5) is 22.7. The summed E-state index contributed by atoms with van der Waals surface area (Å²) in [5, 5.41) is 11.6. The molecule has 0 bridgehead atoms. The van der Waals surface area contributed by atoms with Gasteiger partial charge in [-0.2, -0.15) is 0 Å². The number of hydrogen-bond donors (Lipinski definition) is 2. The predicted octanol–water partition coefficient (Wildman–Crippen LogP) is 1.86. The molecule has 1 aromatic carbocycles. The van der Waals surface area contributed by atoms with Crippen molar-refractivity contribution in [2.75, 3.05) is 19.8 Å². The van der Waals surface area contributed by atoms with E-state index in [9.17, 15) is 9.59 Å². The smallest absolute Gasteiger partial charge is 0.328 e. The van der Waals surface area contributed by atoms with E-state index in [0.29, 0.717) is 30.2 Å². The number of carboxylic acid groups (broad SMARTS) is 1. The van der Waals surface area contributed by atoms with E-state index in [1.165, 1.54) is 6.08 Å². The number of hydrogen-bond acceptors (Lipinski definition) is 3. The highest BCUT2D eigenvalue weighted by atomic mass is 16.5. The number of aryl methyl sites for hydroxylation is 1. The monoisotopic (exact) mass is 289 g/mol. The van der Waals surface area contributed by atoms with Crippen molar-refractivity contribution in [2.24, 2.45) is 5.92 Å². The maximum atomic E-state index is 12.2. The summed E-state index contributed by atoms with van der Waals surface area (Å²) in [6.07, 6.45) is 3.52. The Morgan fingerprint density at radius 3 is 2.90 bits per heavy atom. The Balaban J connectivity index is 2.03. The van der Waals surface area contributed by atoms with Gasteiger partial charge in [-0.1, -0.05) is 6.07 Å². The molecule has 0 aliphatic carbocycles. The maximum Gasteiger partial charge on any atom is 0.328 e. The summed E-state index contributed by atoms with van der Waals surface area (Å²) in [6, 6.07) is 5.31. The zero-order chi connectivity index (χ0) is 15.2. The van der Waals surface area contributed by atoms with Crippen molar-refractivity contribution in [1.82, 2.24) is 5.32 Å². The number of rotatable bonds is 5. The third kappa shape index (κ3) is 4.72. The molecule has 0 saturated carbocycles. The Morgan fingerprint density at radius 2 is 2.24 bits per heavy atom. The fraction of sp³-hybridized carbons (Fsp3) is 0.375. The average Bonchev–Trinajstić information content (AvgIpc) is 2.95. The summed E-state index contributed by atoms with van der Waals surface area (Å²) in [7, 11) is 0. The molecule has 1 unspecified atom stereocenters. The van der Waals surface area contributed by atoms with Crippen LogP contribution in [0.1, 0.15) is 27.9 Å². The average molecular weight is 289 g/mol. The van der Waals surface area contributed by atoms with Crippen molar-refractivity contribution < 1.29 is 19.4 Å². The lowest BCUT2D eigenvalue weighted by atomic mass is 10.0. The molecule has 5 nitrogen and oxygen atoms in total. The number of carbonyl (C=O) groups is 2. The van der Waals surface area contributed by atoms with Crippen LogP contribution in [0.2, 0.25) is 0 Å². The minimum atomic E-state index is -1.01. The lowest BCUT2D eigenvalue weighted by Crippen LogP contribution is -2.29. The third-order valence-electron chi connectivity index (χ3n) is 3.36. The van der Waals surface area contributed by atoms with Crippen LogP contribution in [0.3, 0.4) is 0 Å². The molecule has 1 atom stereocenters. The van der Waals surface area contributed by atoms with Crippen LogP contribution in [-0.2, 0) is 9.53 Å². The van der Waals surface area contributed by atoms with Gasteiger partial charge in [0.2, 0.25) is 0 Å². The summed E-state index contributed by atoms with van der Waals surface area (Å²) >= 11 is 0. The highest BCUT2D eigenvalue weighted by Gasteiger charge is 2.16.